The van der Waals surface area contributed by atoms with Crippen LogP contribution in [0.4, 0.5) is 10.5 Å². The summed E-state index contributed by atoms with van der Waals surface area (Å²) in [6, 6.07) is 14.3. The zero-order chi connectivity index (χ0) is 20.5. The Labute approximate surface area is 165 Å². The Hall–Kier alpha value is -2.86. The summed E-state index contributed by atoms with van der Waals surface area (Å²) in [4.78, 5) is 26.1. The van der Waals surface area contributed by atoms with E-state index in [0.717, 1.165) is 11.1 Å². The molecule has 0 atom stereocenters. The highest BCUT2D eigenvalue weighted by molar-refractivity contribution is 5.96. The van der Waals surface area contributed by atoms with Crippen molar-refractivity contribution in [2.75, 3.05) is 18.4 Å². The van der Waals surface area contributed by atoms with Crippen molar-refractivity contribution in [1.29, 1.82) is 0 Å². The maximum atomic E-state index is 12.6. The predicted octanol–water partition coefficient (Wildman–Crippen LogP) is 3.69. The van der Waals surface area contributed by atoms with Gasteiger partial charge in [0.15, 0.2) is 0 Å². The molecule has 0 saturated carbocycles. The number of hydrogen-bond donors (Lipinski definition) is 2. The lowest BCUT2D eigenvalue weighted by atomic mass is 9.85. The fraction of sp³-hybridized carbons (Fsp3) is 0.364. The average molecular weight is 382 g/mol. The van der Waals surface area contributed by atoms with E-state index in [0.29, 0.717) is 11.3 Å². The fourth-order valence-electron chi connectivity index (χ4n) is 3.15. The number of carbonyl (C=O) groups is 2. The maximum Gasteiger partial charge on any atom is 0.412 e. The number of β-amino-alcohol motifs (C(OH)–C–C–N with tert-alkyl or cyclic N) is 1. The van der Waals surface area contributed by atoms with E-state index < -0.39 is 17.3 Å². The molecule has 0 radical (unpaired) electrons. The SMILES string of the molecule is Cc1cccc(C2(O)CN(C(=O)c3ccc(NC(=O)OC(C)(C)C)cc3)C2)c1. The van der Waals surface area contributed by atoms with Gasteiger partial charge in [-0.05, 0) is 57.5 Å². The number of aliphatic hydroxyl groups is 1. The Kier molecular flexibility index (Phi) is 5.17. The molecule has 1 saturated heterocycles. The molecule has 2 amide bonds. The molecular formula is C22H26N2O4. The molecule has 28 heavy (non-hydrogen) atoms. The van der Waals surface area contributed by atoms with Crippen molar-refractivity contribution >= 4 is 17.7 Å². The summed E-state index contributed by atoms with van der Waals surface area (Å²) in [7, 11) is 0. The monoisotopic (exact) mass is 382 g/mol. The first-order valence-electron chi connectivity index (χ1n) is 9.25. The van der Waals surface area contributed by atoms with Gasteiger partial charge in [0.1, 0.15) is 11.2 Å². The van der Waals surface area contributed by atoms with Crippen LogP contribution in [0.1, 0.15) is 42.3 Å². The van der Waals surface area contributed by atoms with Crippen LogP contribution in [0.25, 0.3) is 0 Å². The average Bonchev–Trinajstić information content (AvgIpc) is 2.57. The Morgan fingerprint density at radius 3 is 2.32 bits per heavy atom. The van der Waals surface area contributed by atoms with E-state index in [-0.39, 0.29) is 19.0 Å². The van der Waals surface area contributed by atoms with Crippen LogP contribution in [0, 0.1) is 6.92 Å². The lowest BCUT2D eigenvalue weighted by Crippen LogP contribution is -2.61. The smallest absolute Gasteiger partial charge is 0.412 e. The quantitative estimate of drug-likeness (QED) is 0.849. The standard InChI is InChI=1S/C22H26N2O4/c1-15-6-5-7-17(12-15)22(27)13-24(14-22)19(25)16-8-10-18(11-9-16)23-20(26)28-21(2,3)4/h5-12,27H,13-14H2,1-4H3,(H,23,26). The van der Waals surface area contributed by atoms with Gasteiger partial charge in [-0.3, -0.25) is 10.1 Å². The van der Waals surface area contributed by atoms with Crippen LogP contribution in [0.5, 0.6) is 0 Å². The minimum atomic E-state index is -1.00. The maximum absolute atomic E-state index is 12.6. The molecule has 1 fully saturated rings. The minimum absolute atomic E-state index is 0.152. The van der Waals surface area contributed by atoms with Gasteiger partial charge in [0.25, 0.3) is 5.91 Å². The van der Waals surface area contributed by atoms with Crippen molar-refractivity contribution in [3.8, 4) is 0 Å². The molecular weight excluding hydrogens is 356 g/mol. The van der Waals surface area contributed by atoms with Gasteiger partial charge in [0, 0.05) is 11.3 Å². The van der Waals surface area contributed by atoms with Crippen LogP contribution in [0.2, 0.25) is 0 Å². The second-order valence-electron chi connectivity index (χ2n) is 8.27. The summed E-state index contributed by atoms with van der Waals surface area (Å²) in [5.74, 6) is -0.152. The molecule has 0 bridgehead atoms. The normalized spacial score (nSPS) is 15.5. The van der Waals surface area contributed by atoms with Gasteiger partial charge in [-0.25, -0.2) is 4.79 Å². The Bertz CT molecular complexity index is 878. The molecule has 6 heteroatoms. The van der Waals surface area contributed by atoms with Gasteiger partial charge in [0.05, 0.1) is 13.1 Å². The molecule has 1 heterocycles. The van der Waals surface area contributed by atoms with Gasteiger partial charge < -0.3 is 14.7 Å². The van der Waals surface area contributed by atoms with Crippen molar-refractivity contribution in [1.82, 2.24) is 4.90 Å². The van der Waals surface area contributed by atoms with E-state index >= 15 is 0 Å². The van der Waals surface area contributed by atoms with Crippen LogP contribution < -0.4 is 5.32 Å². The Morgan fingerprint density at radius 2 is 1.75 bits per heavy atom. The highest BCUT2D eigenvalue weighted by Crippen LogP contribution is 2.33. The molecule has 1 aliphatic rings. The largest absolute Gasteiger partial charge is 0.444 e. The Morgan fingerprint density at radius 1 is 1.11 bits per heavy atom. The molecule has 148 valence electrons. The molecule has 3 rings (SSSR count). The number of nitrogens with zero attached hydrogens (tertiary/aromatic N) is 1. The highest BCUT2D eigenvalue weighted by Gasteiger charge is 2.45. The summed E-state index contributed by atoms with van der Waals surface area (Å²) in [5, 5.41) is 13.4. The van der Waals surface area contributed by atoms with E-state index in [1.807, 2.05) is 31.2 Å². The summed E-state index contributed by atoms with van der Waals surface area (Å²) >= 11 is 0. The third-order valence-electron chi connectivity index (χ3n) is 4.52. The molecule has 0 aromatic heterocycles. The minimum Gasteiger partial charge on any atom is -0.444 e. The molecule has 0 unspecified atom stereocenters. The number of rotatable bonds is 3. The number of anilines is 1. The van der Waals surface area contributed by atoms with Crippen molar-refractivity contribution in [2.45, 2.75) is 38.9 Å². The lowest BCUT2D eigenvalue weighted by molar-refractivity contribution is -0.0863. The van der Waals surface area contributed by atoms with Gasteiger partial charge >= 0.3 is 6.09 Å². The van der Waals surface area contributed by atoms with Gasteiger partial charge in [-0.2, -0.15) is 0 Å². The van der Waals surface area contributed by atoms with Crippen LogP contribution in [-0.2, 0) is 10.3 Å². The van der Waals surface area contributed by atoms with E-state index in [9.17, 15) is 14.7 Å². The summed E-state index contributed by atoms with van der Waals surface area (Å²) < 4.78 is 5.20. The van der Waals surface area contributed by atoms with Gasteiger partial charge in [-0.1, -0.05) is 29.8 Å². The number of nitrogens with one attached hydrogen (secondary N) is 1. The van der Waals surface area contributed by atoms with Crippen LogP contribution >= 0.6 is 0 Å². The van der Waals surface area contributed by atoms with Crippen LogP contribution in [-0.4, -0.2) is 40.7 Å². The van der Waals surface area contributed by atoms with E-state index in [1.54, 1.807) is 49.9 Å². The van der Waals surface area contributed by atoms with E-state index in [1.165, 1.54) is 0 Å². The third kappa shape index (κ3) is 4.51. The fourth-order valence-corrected chi connectivity index (χ4v) is 3.15. The summed E-state index contributed by atoms with van der Waals surface area (Å²) in [6.45, 7) is 7.86. The van der Waals surface area contributed by atoms with Crippen molar-refractivity contribution in [2.24, 2.45) is 0 Å². The number of aryl methyl sites for hydroxylation is 1. The van der Waals surface area contributed by atoms with Gasteiger partial charge in [0.2, 0.25) is 0 Å². The zero-order valence-corrected chi connectivity index (χ0v) is 16.7. The number of hydrogen-bond acceptors (Lipinski definition) is 4. The molecule has 6 nitrogen and oxygen atoms in total. The zero-order valence-electron chi connectivity index (χ0n) is 16.7. The molecule has 0 spiro atoms. The number of amides is 2. The Balaban J connectivity index is 1.59. The molecule has 2 aromatic carbocycles. The lowest BCUT2D eigenvalue weighted by Gasteiger charge is -2.46. The van der Waals surface area contributed by atoms with E-state index in [4.69, 9.17) is 4.74 Å². The van der Waals surface area contributed by atoms with Crippen molar-refractivity contribution < 1.29 is 19.4 Å². The molecule has 2 N–H and O–H groups in total. The molecule has 2 aromatic rings. The first-order chi connectivity index (χ1) is 13.1. The number of benzene rings is 2. The number of carbonyl (C=O) groups excluding carboxylic acids is 2. The predicted molar refractivity (Wildman–Crippen MR) is 107 cm³/mol. The highest BCUT2D eigenvalue weighted by atomic mass is 16.6. The second-order valence-corrected chi connectivity index (χ2v) is 8.27. The first-order valence-corrected chi connectivity index (χ1v) is 9.25. The van der Waals surface area contributed by atoms with Crippen molar-refractivity contribution in [3.63, 3.8) is 0 Å². The second kappa shape index (κ2) is 7.28. The number of ether oxygens (including phenoxy) is 1. The summed E-state index contributed by atoms with van der Waals surface area (Å²) in [6.07, 6.45) is -0.544. The van der Waals surface area contributed by atoms with Crippen molar-refractivity contribution in [3.05, 3.63) is 65.2 Å². The van der Waals surface area contributed by atoms with Crippen LogP contribution in [0.3, 0.4) is 0 Å². The topological polar surface area (TPSA) is 78.9 Å². The van der Waals surface area contributed by atoms with Gasteiger partial charge in [-0.15, -0.1) is 0 Å². The molecule has 0 aliphatic carbocycles. The summed E-state index contributed by atoms with van der Waals surface area (Å²) in [5.41, 5.74) is 1.37. The number of likely N-dealkylation sites (tertiary alicyclic amines) is 1. The van der Waals surface area contributed by atoms with E-state index in [2.05, 4.69) is 5.32 Å². The van der Waals surface area contributed by atoms with Crippen LogP contribution in [0.15, 0.2) is 48.5 Å². The first kappa shape index (κ1) is 19.9. The molecule has 1 aliphatic heterocycles. The third-order valence-corrected chi connectivity index (χ3v) is 4.52.